The fourth-order valence-corrected chi connectivity index (χ4v) is 3.57. The van der Waals surface area contributed by atoms with Crippen LogP contribution in [0.3, 0.4) is 0 Å². The summed E-state index contributed by atoms with van der Waals surface area (Å²) in [6.07, 6.45) is 1.65. The molecule has 2 N–H and O–H groups in total. The minimum Gasteiger partial charge on any atom is -0.357 e. The molecule has 0 fully saturated rings. The molecule has 2 aromatic heterocycles. The first-order valence-electron chi connectivity index (χ1n) is 10.7. The second-order valence-electron chi connectivity index (χ2n) is 7.40. The Kier molecular flexibility index (Phi) is 6.26. The van der Waals surface area contributed by atoms with Gasteiger partial charge < -0.3 is 15.5 Å². The Bertz CT molecular complexity index is 1230. The van der Waals surface area contributed by atoms with Gasteiger partial charge >= 0.3 is 0 Å². The molecule has 0 radical (unpaired) electrons. The number of hydrogen-bond acceptors (Lipinski definition) is 6. The van der Waals surface area contributed by atoms with Crippen LogP contribution in [0.1, 0.15) is 30.0 Å². The van der Waals surface area contributed by atoms with Crippen LogP contribution in [-0.2, 0) is 0 Å². The van der Waals surface area contributed by atoms with Gasteiger partial charge in [-0.1, -0.05) is 24.3 Å². The normalized spacial score (nSPS) is 10.7. The highest BCUT2D eigenvalue weighted by atomic mass is 16.1. The number of rotatable bonds is 7. The molecule has 4 rings (SSSR count). The number of fused-ring (bicyclic) bond motifs is 1. The summed E-state index contributed by atoms with van der Waals surface area (Å²) in [4.78, 5) is 28.4. The van der Waals surface area contributed by atoms with Gasteiger partial charge in [0, 0.05) is 47.8 Å². The lowest BCUT2D eigenvalue weighted by atomic mass is 10.1. The Labute approximate surface area is 187 Å². The van der Waals surface area contributed by atoms with Gasteiger partial charge in [0.05, 0.1) is 0 Å². The molecule has 7 nitrogen and oxygen atoms in total. The van der Waals surface area contributed by atoms with E-state index in [4.69, 9.17) is 0 Å². The molecule has 0 bridgehead atoms. The molecular weight excluding hydrogens is 400 g/mol. The highest BCUT2D eigenvalue weighted by molar-refractivity contribution is 6.11. The predicted molar refractivity (Wildman–Crippen MR) is 130 cm³/mol. The highest BCUT2D eigenvalue weighted by Crippen LogP contribution is 2.21. The van der Waals surface area contributed by atoms with Crippen molar-refractivity contribution >= 4 is 39.8 Å². The first-order valence-corrected chi connectivity index (χ1v) is 10.7. The van der Waals surface area contributed by atoms with E-state index in [1.807, 2.05) is 67.6 Å². The van der Waals surface area contributed by atoms with Crippen molar-refractivity contribution in [2.24, 2.45) is 0 Å². The van der Waals surface area contributed by atoms with E-state index >= 15 is 0 Å². The van der Waals surface area contributed by atoms with E-state index in [2.05, 4.69) is 44.3 Å². The fourth-order valence-electron chi connectivity index (χ4n) is 3.57. The maximum atomic E-state index is 12.8. The summed E-state index contributed by atoms with van der Waals surface area (Å²) in [7, 11) is 0. The van der Waals surface area contributed by atoms with Gasteiger partial charge in [-0.2, -0.15) is 4.98 Å². The second-order valence-corrected chi connectivity index (χ2v) is 7.40. The van der Waals surface area contributed by atoms with Crippen molar-refractivity contribution < 1.29 is 4.79 Å². The molecule has 0 aliphatic rings. The predicted octanol–water partition coefficient (Wildman–Crippen LogP) is 5.18. The molecule has 7 heteroatoms. The Morgan fingerprint density at radius 2 is 1.66 bits per heavy atom. The third-order valence-electron chi connectivity index (χ3n) is 5.22. The molecule has 1 amide bonds. The first-order chi connectivity index (χ1) is 15.6. The van der Waals surface area contributed by atoms with E-state index < -0.39 is 0 Å². The van der Waals surface area contributed by atoms with Gasteiger partial charge in [-0.3, -0.25) is 9.78 Å². The number of aryl methyl sites for hydroxylation is 1. The van der Waals surface area contributed by atoms with Crippen molar-refractivity contribution in [3.8, 4) is 0 Å². The van der Waals surface area contributed by atoms with Crippen LogP contribution in [0.5, 0.6) is 0 Å². The molecule has 0 aliphatic heterocycles. The highest BCUT2D eigenvalue weighted by Gasteiger charge is 2.12. The summed E-state index contributed by atoms with van der Waals surface area (Å²) in [5, 5.41) is 7.98. The lowest BCUT2D eigenvalue weighted by Crippen LogP contribution is -2.23. The summed E-state index contributed by atoms with van der Waals surface area (Å²) in [6.45, 7) is 7.93. The summed E-state index contributed by atoms with van der Waals surface area (Å²) in [5.74, 6) is 1.20. The van der Waals surface area contributed by atoms with Crippen molar-refractivity contribution in [2.75, 3.05) is 28.6 Å². The zero-order chi connectivity index (χ0) is 22.5. The maximum absolute atomic E-state index is 12.8. The van der Waals surface area contributed by atoms with E-state index in [-0.39, 0.29) is 5.91 Å². The maximum Gasteiger partial charge on any atom is 0.274 e. The second kappa shape index (κ2) is 9.43. The van der Waals surface area contributed by atoms with Gasteiger partial charge in [0.2, 0.25) is 5.95 Å². The van der Waals surface area contributed by atoms with E-state index in [1.54, 1.807) is 6.20 Å². The number of carbonyl (C=O) groups excluding carboxylic acids is 1. The zero-order valence-corrected chi connectivity index (χ0v) is 18.5. The summed E-state index contributed by atoms with van der Waals surface area (Å²) in [6, 6.07) is 19.0. The van der Waals surface area contributed by atoms with E-state index in [1.165, 1.54) is 0 Å². The molecule has 0 spiro atoms. The molecule has 2 aromatic carbocycles. The van der Waals surface area contributed by atoms with Crippen molar-refractivity contribution in [1.29, 1.82) is 0 Å². The van der Waals surface area contributed by atoms with E-state index in [9.17, 15) is 4.79 Å². The number of amides is 1. The number of aromatic nitrogens is 3. The molecule has 4 aromatic rings. The number of nitrogens with one attached hydrogen (secondary N) is 2. The molecule has 0 aliphatic carbocycles. The van der Waals surface area contributed by atoms with Gasteiger partial charge in [-0.15, -0.1) is 0 Å². The molecular formula is C25H26N6O. The van der Waals surface area contributed by atoms with Gasteiger partial charge in [0.1, 0.15) is 11.5 Å². The van der Waals surface area contributed by atoms with Crippen LogP contribution in [0.15, 0.2) is 66.9 Å². The van der Waals surface area contributed by atoms with Crippen LogP contribution in [-0.4, -0.2) is 33.9 Å². The molecule has 0 atom stereocenters. The van der Waals surface area contributed by atoms with E-state index in [0.717, 1.165) is 41.1 Å². The molecule has 32 heavy (non-hydrogen) atoms. The van der Waals surface area contributed by atoms with Crippen LogP contribution in [0.2, 0.25) is 0 Å². The quantitative estimate of drug-likeness (QED) is 0.424. The molecule has 0 saturated heterocycles. The topological polar surface area (TPSA) is 83.0 Å². The lowest BCUT2D eigenvalue weighted by molar-refractivity contribution is 0.102. The molecule has 0 unspecified atom stereocenters. The van der Waals surface area contributed by atoms with Crippen molar-refractivity contribution in [2.45, 2.75) is 20.8 Å². The van der Waals surface area contributed by atoms with Gasteiger partial charge in [-0.05, 0) is 56.5 Å². The Balaban J connectivity index is 1.48. The van der Waals surface area contributed by atoms with Crippen LogP contribution in [0.4, 0.5) is 23.1 Å². The van der Waals surface area contributed by atoms with Crippen molar-refractivity contribution in [1.82, 2.24) is 15.0 Å². The number of carbonyl (C=O) groups is 1. The van der Waals surface area contributed by atoms with Gasteiger partial charge in [0.15, 0.2) is 0 Å². The molecule has 0 saturated carbocycles. The monoisotopic (exact) mass is 426 g/mol. The number of hydrogen-bond donors (Lipinski definition) is 2. The van der Waals surface area contributed by atoms with Crippen molar-refractivity contribution in [3.63, 3.8) is 0 Å². The molecule has 162 valence electrons. The fraction of sp³-hybridized carbons (Fsp3) is 0.200. The summed E-state index contributed by atoms with van der Waals surface area (Å²) >= 11 is 0. The standard InChI is InChI=1S/C25H26N6O/c1-4-31(5-2)22-16-17(3)27-25(30-22)29-20-12-10-19(11-13-20)28-24(32)23-21-9-7-6-8-18(21)14-15-26-23/h6-16H,4-5H2,1-3H3,(H,28,32)(H,27,29,30). The SMILES string of the molecule is CCN(CC)c1cc(C)nc(Nc2ccc(NC(=O)c3nccc4ccccc34)cc2)n1. The Morgan fingerprint density at radius 3 is 2.41 bits per heavy atom. The van der Waals surface area contributed by atoms with Crippen molar-refractivity contribution in [3.05, 3.63) is 78.2 Å². The van der Waals surface area contributed by atoms with Gasteiger partial charge in [0.25, 0.3) is 5.91 Å². The third-order valence-corrected chi connectivity index (χ3v) is 5.22. The summed E-state index contributed by atoms with van der Waals surface area (Å²) < 4.78 is 0. The number of benzene rings is 2. The largest absolute Gasteiger partial charge is 0.357 e. The smallest absolute Gasteiger partial charge is 0.274 e. The minimum atomic E-state index is -0.242. The number of pyridine rings is 1. The van der Waals surface area contributed by atoms with Crippen LogP contribution in [0, 0.1) is 6.92 Å². The number of anilines is 4. The van der Waals surface area contributed by atoms with Crippen LogP contribution >= 0.6 is 0 Å². The minimum absolute atomic E-state index is 0.242. The van der Waals surface area contributed by atoms with Crippen LogP contribution in [0.25, 0.3) is 10.8 Å². The number of nitrogens with zero attached hydrogens (tertiary/aromatic N) is 4. The average molecular weight is 427 g/mol. The Morgan fingerprint density at radius 1 is 0.938 bits per heavy atom. The van der Waals surface area contributed by atoms with Crippen LogP contribution < -0.4 is 15.5 Å². The zero-order valence-electron chi connectivity index (χ0n) is 18.5. The first kappa shape index (κ1) is 21.2. The van der Waals surface area contributed by atoms with E-state index in [0.29, 0.717) is 17.3 Å². The average Bonchev–Trinajstić information content (AvgIpc) is 2.80. The lowest BCUT2D eigenvalue weighted by Gasteiger charge is -2.20. The summed E-state index contributed by atoms with van der Waals surface area (Å²) in [5.41, 5.74) is 2.82. The molecule has 2 heterocycles. The van der Waals surface area contributed by atoms with Gasteiger partial charge in [-0.25, -0.2) is 4.98 Å². The third kappa shape index (κ3) is 4.67. The Hall–Kier alpha value is -4.00.